The lowest BCUT2D eigenvalue weighted by Gasteiger charge is -2.21. The molecule has 0 saturated carbocycles. The van der Waals surface area contributed by atoms with Crippen molar-refractivity contribution in [2.45, 2.75) is 0 Å². The van der Waals surface area contributed by atoms with Crippen molar-refractivity contribution in [1.29, 1.82) is 0 Å². The predicted octanol–water partition coefficient (Wildman–Crippen LogP) is 4.12. The van der Waals surface area contributed by atoms with Crippen LogP contribution in [0.3, 0.4) is 0 Å². The molecule has 0 fully saturated rings. The van der Waals surface area contributed by atoms with Crippen LogP contribution in [-0.4, -0.2) is 22.6 Å². The van der Waals surface area contributed by atoms with E-state index in [4.69, 9.17) is 34.8 Å². The molecular weight excluding hydrogens is 351 g/mol. The summed E-state index contributed by atoms with van der Waals surface area (Å²) in [6.07, 6.45) is 0. The Kier molecular flexibility index (Phi) is 3.48. The monoisotopic (exact) mass is 354 g/mol. The molecule has 2 aromatic rings. The second kappa shape index (κ2) is 5.09. The number of hydrogen-bond acceptors (Lipinski definition) is 3. The first-order valence-electron chi connectivity index (χ1n) is 5.98. The lowest BCUT2D eigenvalue weighted by atomic mass is 9.83. The molecule has 0 unspecified atom stereocenters. The maximum absolute atomic E-state index is 12.6. The maximum Gasteiger partial charge on any atom is 0.338 e. The average molecular weight is 356 g/mol. The smallest absolute Gasteiger partial charge is 0.338 e. The highest BCUT2D eigenvalue weighted by Gasteiger charge is 2.37. The number of hydrogen-bond donors (Lipinski definition) is 1. The Morgan fingerprint density at radius 3 is 1.73 bits per heavy atom. The van der Waals surface area contributed by atoms with Gasteiger partial charge in [0.25, 0.3) is 0 Å². The first-order valence-corrected chi connectivity index (χ1v) is 7.11. The molecule has 0 spiro atoms. The van der Waals surface area contributed by atoms with Crippen molar-refractivity contribution in [2.75, 3.05) is 0 Å². The van der Waals surface area contributed by atoms with Crippen LogP contribution in [0.1, 0.15) is 42.2 Å². The molecule has 0 aromatic heterocycles. The summed E-state index contributed by atoms with van der Waals surface area (Å²) < 4.78 is 0. The fourth-order valence-corrected chi connectivity index (χ4v) is 3.37. The van der Waals surface area contributed by atoms with Crippen molar-refractivity contribution >= 4 is 52.3 Å². The lowest BCUT2D eigenvalue weighted by molar-refractivity contribution is 0.0696. The predicted molar refractivity (Wildman–Crippen MR) is 81.7 cm³/mol. The molecule has 110 valence electrons. The van der Waals surface area contributed by atoms with Crippen LogP contribution in [0.15, 0.2) is 24.3 Å². The average Bonchev–Trinajstić information content (AvgIpc) is 2.48. The van der Waals surface area contributed by atoms with E-state index in [2.05, 4.69) is 0 Å². The maximum atomic E-state index is 12.6. The van der Waals surface area contributed by atoms with E-state index in [0.717, 1.165) is 0 Å². The van der Waals surface area contributed by atoms with Crippen LogP contribution in [0, 0.1) is 0 Å². The third kappa shape index (κ3) is 1.88. The summed E-state index contributed by atoms with van der Waals surface area (Å²) in [6, 6.07) is 6.16. The van der Waals surface area contributed by atoms with Crippen LogP contribution >= 0.6 is 34.8 Å². The van der Waals surface area contributed by atoms with Gasteiger partial charge in [-0.2, -0.15) is 0 Å². The number of aromatic carboxylic acids is 1. The van der Waals surface area contributed by atoms with E-state index in [0.29, 0.717) is 0 Å². The molecule has 0 heterocycles. The van der Waals surface area contributed by atoms with Crippen molar-refractivity contribution in [3.63, 3.8) is 0 Å². The lowest BCUT2D eigenvalue weighted by Crippen LogP contribution is -2.23. The number of carboxylic acid groups (broad SMARTS) is 1. The number of halogens is 3. The number of carbonyl (C=O) groups is 3. The SMILES string of the molecule is O=C(O)c1c(Cl)c(Cl)c2c(c1Cl)C(=O)c1ccccc1C2=O. The van der Waals surface area contributed by atoms with Gasteiger partial charge in [0.15, 0.2) is 11.6 Å². The Labute approximate surface area is 139 Å². The molecule has 4 nitrogen and oxygen atoms in total. The number of carboxylic acids is 1. The number of rotatable bonds is 1. The van der Waals surface area contributed by atoms with Crippen LogP contribution < -0.4 is 0 Å². The summed E-state index contributed by atoms with van der Waals surface area (Å²) in [5, 5.41) is 8.16. The molecule has 22 heavy (non-hydrogen) atoms. The molecule has 1 aliphatic rings. The van der Waals surface area contributed by atoms with Gasteiger partial charge in [-0.05, 0) is 0 Å². The molecule has 0 radical (unpaired) electrons. The Balaban J connectivity index is 2.46. The number of ketones is 2. The van der Waals surface area contributed by atoms with E-state index in [1.807, 2.05) is 0 Å². The zero-order valence-corrected chi connectivity index (χ0v) is 12.9. The van der Waals surface area contributed by atoms with Crippen LogP contribution in [0.5, 0.6) is 0 Å². The summed E-state index contributed by atoms with van der Waals surface area (Å²) in [6.45, 7) is 0. The number of carbonyl (C=O) groups excluding carboxylic acids is 2. The highest BCUT2D eigenvalue weighted by molar-refractivity contribution is 6.51. The fourth-order valence-electron chi connectivity index (χ4n) is 2.42. The van der Waals surface area contributed by atoms with Gasteiger partial charge in [-0.15, -0.1) is 0 Å². The minimum Gasteiger partial charge on any atom is -0.478 e. The topological polar surface area (TPSA) is 71.4 Å². The minimum absolute atomic E-state index is 0.150. The van der Waals surface area contributed by atoms with Crippen LogP contribution in [0.4, 0.5) is 0 Å². The molecular formula is C15H5Cl3O4. The summed E-state index contributed by atoms with van der Waals surface area (Å²) in [4.78, 5) is 36.4. The second-order valence-corrected chi connectivity index (χ2v) is 5.71. The van der Waals surface area contributed by atoms with E-state index in [-0.39, 0.29) is 37.3 Å². The van der Waals surface area contributed by atoms with Crippen molar-refractivity contribution in [3.8, 4) is 0 Å². The number of fused-ring (bicyclic) bond motifs is 2. The van der Waals surface area contributed by atoms with Gasteiger partial charge >= 0.3 is 5.97 Å². The Bertz CT molecular complexity index is 887. The Hall–Kier alpha value is -1.88. The van der Waals surface area contributed by atoms with Gasteiger partial charge in [0.2, 0.25) is 0 Å². The minimum atomic E-state index is -1.43. The van der Waals surface area contributed by atoms with E-state index < -0.39 is 23.1 Å². The molecule has 0 bridgehead atoms. The van der Waals surface area contributed by atoms with Crippen LogP contribution in [-0.2, 0) is 0 Å². The summed E-state index contributed by atoms with van der Waals surface area (Å²) in [5.41, 5.74) is -0.552. The zero-order chi connectivity index (χ0) is 16.2. The standard InChI is InChI=1S/C15H5Cl3O4/c16-10-7-8(11(17)12(18)9(10)15(21)22)14(20)6-4-2-1-3-5(6)13(7)19/h1-4H,(H,21,22). The molecule has 0 saturated heterocycles. The fraction of sp³-hybridized carbons (Fsp3) is 0. The third-order valence-corrected chi connectivity index (χ3v) is 4.64. The molecule has 7 heteroatoms. The molecule has 0 aliphatic heterocycles. The van der Waals surface area contributed by atoms with Crippen LogP contribution in [0.25, 0.3) is 0 Å². The van der Waals surface area contributed by atoms with Crippen molar-refractivity contribution < 1.29 is 19.5 Å². The largest absolute Gasteiger partial charge is 0.478 e. The molecule has 0 amide bonds. The van der Waals surface area contributed by atoms with E-state index in [1.165, 1.54) is 12.1 Å². The summed E-state index contributed by atoms with van der Waals surface area (Å²) in [7, 11) is 0. The van der Waals surface area contributed by atoms with Crippen molar-refractivity contribution in [2.24, 2.45) is 0 Å². The zero-order valence-electron chi connectivity index (χ0n) is 10.6. The molecule has 1 N–H and O–H groups in total. The van der Waals surface area contributed by atoms with E-state index in [9.17, 15) is 19.5 Å². The van der Waals surface area contributed by atoms with Gasteiger partial charge < -0.3 is 5.11 Å². The van der Waals surface area contributed by atoms with Crippen LogP contribution in [0.2, 0.25) is 15.1 Å². The highest BCUT2D eigenvalue weighted by atomic mass is 35.5. The highest BCUT2D eigenvalue weighted by Crippen LogP contribution is 2.42. The Morgan fingerprint density at radius 2 is 1.27 bits per heavy atom. The molecule has 2 aromatic carbocycles. The second-order valence-electron chi connectivity index (χ2n) is 4.58. The molecule has 1 aliphatic carbocycles. The first kappa shape index (κ1) is 15.0. The quantitative estimate of drug-likeness (QED) is 0.667. The van der Waals surface area contributed by atoms with Crippen molar-refractivity contribution in [1.82, 2.24) is 0 Å². The van der Waals surface area contributed by atoms with Gasteiger partial charge in [0, 0.05) is 11.1 Å². The van der Waals surface area contributed by atoms with Gasteiger partial charge in [-0.1, -0.05) is 59.1 Å². The van der Waals surface area contributed by atoms with Gasteiger partial charge in [-0.25, -0.2) is 4.79 Å². The van der Waals surface area contributed by atoms with Gasteiger partial charge in [-0.3, -0.25) is 9.59 Å². The van der Waals surface area contributed by atoms with E-state index in [1.54, 1.807) is 12.1 Å². The normalized spacial score (nSPS) is 12.9. The number of benzene rings is 2. The Morgan fingerprint density at radius 1 is 0.818 bits per heavy atom. The summed E-state index contributed by atoms with van der Waals surface area (Å²) >= 11 is 18.0. The first-order chi connectivity index (χ1) is 10.4. The molecule has 3 rings (SSSR count). The van der Waals surface area contributed by atoms with Gasteiger partial charge in [0.05, 0.1) is 31.8 Å². The van der Waals surface area contributed by atoms with E-state index >= 15 is 0 Å². The van der Waals surface area contributed by atoms with Crippen molar-refractivity contribution in [3.05, 3.63) is 67.2 Å². The summed E-state index contributed by atoms with van der Waals surface area (Å²) in [5.74, 6) is -2.51. The molecule has 0 atom stereocenters. The third-order valence-electron chi connectivity index (χ3n) is 3.40. The van der Waals surface area contributed by atoms with Gasteiger partial charge in [0.1, 0.15) is 0 Å².